The number of nitrogens with zero attached hydrogens (tertiary/aromatic N) is 2. The van der Waals surface area contributed by atoms with E-state index in [1.54, 1.807) is 19.3 Å². The Morgan fingerprint density at radius 1 is 1.44 bits per heavy atom. The molecule has 0 N–H and O–H groups in total. The van der Waals surface area contributed by atoms with Crippen LogP contribution in [-0.4, -0.2) is 28.0 Å². The normalized spacial score (nSPS) is 19.9. The molecule has 1 amide bonds. The first-order chi connectivity index (χ1) is 8.63. The van der Waals surface area contributed by atoms with E-state index in [1.807, 2.05) is 4.90 Å². The Bertz CT molecular complexity index is 493. The van der Waals surface area contributed by atoms with Crippen LogP contribution in [0, 0.1) is 0 Å². The maximum Gasteiger partial charge on any atom is 0.254 e. The third-order valence-corrected chi connectivity index (χ3v) is 3.71. The predicted molar refractivity (Wildman–Crippen MR) is 70.6 cm³/mol. The van der Waals surface area contributed by atoms with Crippen LogP contribution >= 0.6 is 0 Å². The third-order valence-electron chi connectivity index (χ3n) is 3.71. The number of aromatic nitrogens is 1. The Balaban J connectivity index is 2.24. The maximum absolute atomic E-state index is 12.4. The number of rotatable bonds is 2. The van der Waals surface area contributed by atoms with E-state index in [1.165, 1.54) is 17.1 Å². The van der Waals surface area contributed by atoms with E-state index >= 15 is 0 Å². The fourth-order valence-electron chi connectivity index (χ4n) is 2.54. The van der Waals surface area contributed by atoms with Crippen molar-refractivity contribution in [2.45, 2.75) is 38.6 Å². The molecule has 0 bridgehead atoms. The molecule has 1 atom stereocenters. The van der Waals surface area contributed by atoms with Crippen LogP contribution in [0.25, 0.3) is 0 Å². The Morgan fingerprint density at radius 3 is 2.89 bits per heavy atom. The molecule has 98 valence electrons. The summed E-state index contributed by atoms with van der Waals surface area (Å²) in [5, 5.41) is 0. The lowest BCUT2D eigenvalue weighted by atomic mass is 9.99. The van der Waals surface area contributed by atoms with Gasteiger partial charge in [-0.2, -0.15) is 0 Å². The van der Waals surface area contributed by atoms with Gasteiger partial charge in [0.05, 0.1) is 0 Å². The number of hydrogen-bond donors (Lipinski definition) is 0. The first-order valence-electron chi connectivity index (χ1n) is 6.61. The van der Waals surface area contributed by atoms with Gasteiger partial charge < -0.3 is 9.47 Å². The lowest BCUT2D eigenvalue weighted by Gasteiger charge is -2.35. The molecule has 0 radical (unpaired) electrons. The Kier molecular flexibility index (Phi) is 3.84. The molecule has 1 aromatic heterocycles. The van der Waals surface area contributed by atoms with E-state index in [9.17, 15) is 9.59 Å². The maximum atomic E-state index is 12.4. The summed E-state index contributed by atoms with van der Waals surface area (Å²) in [5.41, 5.74) is 0.379. The van der Waals surface area contributed by atoms with Crippen LogP contribution in [-0.2, 0) is 7.05 Å². The molecule has 1 fully saturated rings. The molecule has 0 saturated carbocycles. The van der Waals surface area contributed by atoms with Gasteiger partial charge in [0.15, 0.2) is 0 Å². The first-order valence-corrected chi connectivity index (χ1v) is 6.61. The zero-order valence-electron chi connectivity index (χ0n) is 11.1. The molecule has 1 aliphatic heterocycles. The average Bonchev–Trinajstić information content (AvgIpc) is 2.41. The second-order valence-electron chi connectivity index (χ2n) is 4.92. The predicted octanol–water partition coefficient (Wildman–Crippen LogP) is 1.79. The zero-order chi connectivity index (χ0) is 13.1. The van der Waals surface area contributed by atoms with Gasteiger partial charge in [-0.3, -0.25) is 9.59 Å². The molecule has 4 heteroatoms. The van der Waals surface area contributed by atoms with Crippen molar-refractivity contribution in [1.82, 2.24) is 9.47 Å². The molecule has 2 heterocycles. The molecular formula is C14H20N2O2. The van der Waals surface area contributed by atoms with Gasteiger partial charge in [0.25, 0.3) is 11.5 Å². The highest BCUT2D eigenvalue weighted by atomic mass is 16.2. The van der Waals surface area contributed by atoms with Crippen molar-refractivity contribution >= 4 is 5.91 Å². The number of hydrogen-bond acceptors (Lipinski definition) is 2. The van der Waals surface area contributed by atoms with Crippen LogP contribution in [0.5, 0.6) is 0 Å². The summed E-state index contributed by atoms with van der Waals surface area (Å²) in [6, 6.07) is 3.49. The van der Waals surface area contributed by atoms with Crippen molar-refractivity contribution < 1.29 is 4.79 Å². The smallest absolute Gasteiger partial charge is 0.254 e. The molecular weight excluding hydrogens is 228 g/mol. The number of carbonyl (C=O) groups is 1. The van der Waals surface area contributed by atoms with Crippen LogP contribution in [0.15, 0.2) is 23.1 Å². The van der Waals surface area contributed by atoms with Gasteiger partial charge in [-0.15, -0.1) is 0 Å². The number of aryl methyl sites for hydroxylation is 1. The summed E-state index contributed by atoms with van der Waals surface area (Å²) in [6.45, 7) is 2.92. The van der Waals surface area contributed by atoms with E-state index < -0.39 is 0 Å². The second-order valence-corrected chi connectivity index (χ2v) is 4.92. The lowest BCUT2D eigenvalue weighted by Crippen LogP contribution is -2.43. The molecule has 1 saturated heterocycles. The number of piperidine rings is 1. The summed E-state index contributed by atoms with van der Waals surface area (Å²) in [5.74, 6) is -0.000694. The minimum absolute atomic E-state index is 0.000694. The van der Waals surface area contributed by atoms with Crippen molar-refractivity contribution in [2.24, 2.45) is 7.05 Å². The van der Waals surface area contributed by atoms with Crippen molar-refractivity contribution in [1.29, 1.82) is 0 Å². The van der Waals surface area contributed by atoms with Gasteiger partial charge in [-0.05, 0) is 31.7 Å². The fraction of sp³-hybridized carbons (Fsp3) is 0.571. The molecule has 0 spiro atoms. The highest BCUT2D eigenvalue weighted by molar-refractivity contribution is 5.94. The quantitative estimate of drug-likeness (QED) is 0.800. The van der Waals surface area contributed by atoms with Gasteiger partial charge in [0, 0.05) is 37.5 Å². The second kappa shape index (κ2) is 5.38. The van der Waals surface area contributed by atoms with Gasteiger partial charge in [-0.25, -0.2) is 0 Å². The summed E-state index contributed by atoms with van der Waals surface area (Å²) in [4.78, 5) is 25.9. The molecule has 0 unspecified atom stereocenters. The van der Waals surface area contributed by atoms with Gasteiger partial charge in [0.1, 0.15) is 0 Å². The lowest BCUT2D eigenvalue weighted by molar-refractivity contribution is 0.0607. The SMILES string of the molecule is CC[C@@H]1CCCCN1C(=O)c1ccn(C)c(=O)c1. The van der Waals surface area contributed by atoms with Crippen LogP contribution < -0.4 is 5.56 Å². The molecule has 4 nitrogen and oxygen atoms in total. The number of likely N-dealkylation sites (tertiary alicyclic amines) is 1. The number of amides is 1. The molecule has 2 rings (SSSR count). The van der Waals surface area contributed by atoms with Crippen molar-refractivity contribution in [2.75, 3.05) is 6.54 Å². The summed E-state index contributed by atoms with van der Waals surface area (Å²) in [7, 11) is 1.69. The largest absolute Gasteiger partial charge is 0.336 e. The minimum atomic E-state index is -0.133. The minimum Gasteiger partial charge on any atom is -0.336 e. The number of pyridine rings is 1. The van der Waals surface area contributed by atoms with E-state index in [0.717, 1.165) is 25.8 Å². The highest BCUT2D eigenvalue weighted by Crippen LogP contribution is 2.21. The van der Waals surface area contributed by atoms with Gasteiger partial charge >= 0.3 is 0 Å². The van der Waals surface area contributed by atoms with E-state index in [-0.39, 0.29) is 11.5 Å². The Hall–Kier alpha value is -1.58. The summed E-state index contributed by atoms with van der Waals surface area (Å²) >= 11 is 0. The third kappa shape index (κ3) is 2.47. The van der Waals surface area contributed by atoms with Crippen LogP contribution in [0.4, 0.5) is 0 Å². The zero-order valence-corrected chi connectivity index (χ0v) is 11.1. The van der Waals surface area contributed by atoms with Gasteiger partial charge in [-0.1, -0.05) is 6.92 Å². The average molecular weight is 248 g/mol. The van der Waals surface area contributed by atoms with Crippen molar-refractivity contribution in [3.05, 3.63) is 34.2 Å². The highest BCUT2D eigenvalue weighted by Gasteiger charge is 2.26. The molecule has 0 aliphatic carbocycles. The Labute approximate surface area is 107 Å². The fourth-order valence-corrected chi connectivity index (χ4v) is 2.54. The Morgan fingerprint density at radius 2 is 2.22 bits per heavy atom. The molecule has 18 heavy (non-hydrogen) atoms. The molecule has 1 aromatic rings. The standard InChI is InChI=1S/C14H20N2O2/c1-3-12-6-4-5-8-16(12)14(18)11-7-9-15(2)13(17)10-11/h7,9-10,12H,3-6,8H2,1-2H3/t12-/m1/s1. The monoisotopic (exact) mass is 248 g/mol. The van der Waals surface area contributed by atoms with E-state index in [2.05, 4.69) is 6.92 Å². The first kappa shape index (κ1) is 12.9. The summed E-state index contributed by atoms with van der Waals surface area (Å²) in [6.07, 6.45) is 5.97. The van der Waals surface area contributed by atoms with Crippen LogP contribution in [0.2, 0.25) is 0 Å². The van der Waals surface area contributed by atoms with Crippen molar-refractivity contribution in [3.63, 3.8) is 0 Å². The van der Waals surface area contributed by atoms with Gasteiger partial charge in [0.2, 0.25) is 0 Å². The van der Waals surface area contributed by atoms with E-state index in [0.29, 0.717) is 11.6 Å². The molecule has 0 aromatic carbocycles. The van der Waals surface area contributed by atoms with Crippen molar-refractivity contribution in [3.8, 4) is 0 Å². The van der Waals surface area contributed by atoms with E-state index in [4.69, 9.17) is 0 Å². The topological polar surface area (TPSA) is 42.3 Å². The summed E-state index contributed by atoms with van der Waals surface area (Å²) < 4.78 is 1.48. The van der Waals surface area contributed by atoms with Crippen LogP contribution in [0.3, 0.4) is 0 Å². The van der Waals surface area contributed by atoms with Crippen LogP contribution in [0.1, 0.15) is 43.0 Å². The number of carbonyl (C=O) groups excluding carboxylic acids is 1. The molecule has 1 aliphatic rings.